The predicted octanol–water partition coefficient (Wildman–Crippen LogP) is -1.22. The topological polar surface area (TPSA) is 652 Å². The highest BCUT2D eigenvalue weighted by atomic mass is 32.2. The molecule has 0 aliphatic carbocycles. The lowest BCUT2D eigenvalue weighted by atomic mass is 9.90. The zero-order valence-corrected chi connectivity index (χ0v) is 78.8. The molecule has 2 aliphatic heterocycles. The van der Waals surface area contributed by atoms with Crippen molar-refractivity contribution in [3.05, 3.63) is 119 Å². The molecule has 2 aliphatic rings. The first kappa shape index (κ1) is 108. The first-order valence-corrected chi connectivity index (χ1v) is 47.0. The van der Waals surface area contributed by atoms with Crippen molar-refractivity contribution in [2.45, 2.75) is 222 Å². The number of rotatable bonds is 28. The number of likely N-dealkylation sites (N-methyl/N-ethyl adjacent to an activating group) is 3. The van der Waals surface area contributed by atoms with Gasteiger partial charge in [-0.2, -0.15) is 0 Å². The summed E-state index contributed by atoms with van der Waals surface area (Å²) in [5.74, 6) is -23.5. The number of nitrogens with two attached hydrogens (primary N) is 3. The highest BCUT2D eigenvalue weighted by Crippen LogP contribution is 2.31. The number of thiophene rings is 1. The molecule has 16 amide bonds. The van der Waals surface area contributed by atoms with Gasteiger partial charge >= 0.3 is 11.9 Å². The standard InChI is InChI=1S/C91H124N20O23S2/c1-9-11-20-69-86(129)103-63(31-49(3)4)84(127)106-68(82(125)97-41-75(94)116)46-135-47-77(118)100-65(32-51-23-25-56(112)26-24-51)87(130)107(6)50(5)80(123)104-67(38-74(93)115)89(132)110(44-79(121)122)43-76(117)99-64(36-55-40-95-48-98-55)85(128)102-62(27-28-78(119)120)90(133)111-42-57(113)37-71(111)72(114)35-52(33-53-39-96-60-19-15-13-17-58(53)60)81(124)101-61(29-30-92)83(126)105-66(34-54-45-136-73-22-16-14-18-59(54)73)88(131)109(8)70(21-12-10-2)91(134)108(69)7/h13-19,22-26,39-40,45,48-50,52,57,61-71,96,112-113H,9-12,20-21,27-38,41-44,46-47,92H2,1-8H3,(H2,93,115)(H2,94,116)(H,95,98)(H,97,125)(H,99,117)(H,100,118)(H,101,124)(H,102,128)(H,103,129)(H,104,123)(H,105,126)(H,106,127)(H,119,120)(H,121,122)/t50-,52+,57+,61-,62-,63-,64-,65-,66-,67-,68-,69-,70-,71-/m0/s1. The number of para-hydroxylation sites is 1. The molecule has 136 heavy (non-hydrogen) atoms. The highest BCUT2D eigenvalue weighted by molar-refractivity contribution is 8.00. The normalized spacial score (nSPS) is 23.8. The molecule has 21 N–H and O–H groups in total. The van der Waals surface area contributed by atoms with Crippen LogP contribution in [0.2, 0.25) is 0 Å². The van der Waals surface area contributed by atoms with Crippen molar-refractivity contribution < 1.29 is 112 Å². The quantitative estimate of drug-likeness (QED) is 0.0274. The number of ketones is 1. The van der Waals surface area contributed by atoms with E-state index in [0.717, 1.165) is 38.7 Å². The van der Waals surface area contributed by atoms with Crippen molar-refractivity contribution in [1.82, 2.24) is 87.3 Å². The number of carboxylic acids is 2. The van der Waals surface area contributed by atoms with Crippen molar-refractivity contribution in [3.63, 3.8) is 0 Å². The summed E-state index contributed by atoms with van der Waals surface area (Å²) in [4.78, 5) is 289. The summed E-state index contributed by atoms with van der Waals surface area (Å²) in [6, 6.07) is 0.204. The van der Waals surface area contributed by atoms with E-state index in [2.05, 4.69) is 62.8 Å². The number of aromatic nitrogens is 3. The van der Waals surface area contributed by atoms with Gasteiger partial charge in [-0.3, -0.25) is 91.1 Å². The Balaban J connectivity index is 1.21. The number of carbonyl (C=O) groups excluding carboxylic acids is 17. The Morgan fingerprint density at radius 1 is 0.588 bits per heavy atom. The fourth-order valence-electron chi connectivity index (χ4n) is 16.2. The number of aromatic amines is 2. The van der Waals surface area contributed by atoms with E-state index in [4.69, 9.17) is 17.2 Å². The molecule has 2 saturated heterocycles. The number of amides is 16. The van der Waals surface area contributed by atoms with Crippen molar-refractivity contribution in [1.29, 1.82) is 0 Å². The molecule has 8 rings (SSSR count). The molecule has 0 radical (unpaired) electrons. The van der Waals surface area contributed by atoms with Crippen LogP contribution in [0.25, 0.3) is 21.0 Å². The fourth-order valence-corrected chi connectivity index (χ4v) is 18.0. The molecule has 0 unspecified atom stereocenters. The van der Waals surface area contributed by atoms with Crippen LogP contribution in [0.15, 0.2) is 96.9 Å². The Labute approximate surface area is 792 Å². The summed E-state index contributed by atoms with van der Waals surface area (Å²) in [5.41, 5.74) is 19.5. The zero-order chi connectivity index (χ0) is 99.9. The minimum absolute atomic E-state index is 0.0194. The second-order valence-electron chi connectivity index (χ2n) is 34.5. The molecule has 14 atom stereocenters. The number of carbonyl (C=O) groups is 19. The number of aliphatic hydroxyl groups excluding tert-OH is 1. The molecule has 45 heteroatoms. The van der Waals surface area contributed by atoms with E-state index in [1.165, 1.54) is 78.9 Å². The van der Waals surface area contributed by atoms with Crippen LogP contribution in [0.5, 0.6) is 5.75 Å². The summed E-state index contributed by atoms with van der Waals surface area (Å²) >= 11 is 2.11. The summed E-state index contributed by atoms with van der Waals surface area (Å²) < 4.78 is 0.823. The number of hydrogen-bond donors (Lipinski definition) is 18. The van der Waals surface area contributed by atoms with Crippen LogP contribution in [0.4, 0.5) is 0 Å². The van der Waals surface area contributed by atoms with E-state index in [9.17, 15) is 78.0 Å². The van der Waals surface area contributed by atoms with E-state index < -0.39 is 273 Å². The third kappa shape index (κ3) is 31.3. The third-order valence-electron chi connectivity index (χ3n) is 23.6. The SMILES string of the molecule is CCCC[C@H]1C(=O)N(C)[C@@H](CCCC)C(=O)N[C@@H](CC(C)C)C(=O)N[C@H](C(=O)NCC(N)=O)CSCC(=O)N[C@@H](Cc2ccc(O)cc2)C(=O)N(C)[C@@H](C)C(=O)N[C@@H](CC(N)=O)C(=O)N(CC(=O)O)CC(=O)N[C@@H](Cc2c[nH]cn2)C(=O)N[C@@H](CCC(=O)O)C(=O)N2C[C@H](O)C[C@H]2C(=O)C[C@@H](Cc2c[nH]c3ccccc23)C(=O)N[C@@H](CCN)C(=O)N[C@@H](Cc2csc3ccccc23)C(=O)N1C. The largest absolute Gasteiger partial charge is 0.508 e. The number of benzene rings is 3. The van der Waals surface area contributed by atoms with Gasteiger partial charge in [-0.15, -0.1) is 23.1 Å². The molecule has 43 nitrogen and oxygen atoms in total. The first-order chi connectivity index (χ1) is 64.6. The number of aromatic hydroxyl groups is 1. The lowest BCUT2D eigenvalue weighted by molar-refractivity contribution is -0.149. The molecule has 6 aromatic rings. The van der Waals surface area contributed by atoms with Crippen LogP contribution < -0.4 is 65.1 Å². The van der Waals surface area contributed by atoms with Gasteiger partial charge in [-0.25, -0.2) is 4.98 Å². The number of nitrogens with one attached hydrogen (secondary N) is 11. The number of hydrogen-bond acceptors (Lipinski definition) is 25. The number of nitrogens with zero attached hydrogens (tertiary/aromatic N) is 6. The molecule has 2 fully saturated rings. The Bertz CT molecular complexity index is 5270. The van der Waals surface area contributed by atoms with Crippen LogP contribution in [0, 0.1) is 11.8 Å². The van der Waals surface area contributed by atoms with Crippen molar-refractivity contribution in [2.24, 2.45) is 29.0 Å². The number of unbranched alkanes of at least 4 members (excludes halogenated alkanes) is 2. The van der Waals surface area contributed by atoms with Gasteiger partial charge in [0.1, 0.15) is 85.3 Å². The number of phenols is 1. The van der Waals surface area contributed by atoms with Crippen LogP contribution in [0.3, 0.4) is 0 Å². The van der Waals surface area contributed by atoms with Gasteiger partial charge in [-0.1, -0.05) is 102 Å². The van der Waals surface area contributed by atoms with Gasteiger partial charge in [0, 0.05) is 106 Å². The summed E-state index contributed by atoms with van der Waals surface area (Å²) in [5, 5.41) is 68.3. The maximum Gasteiger partial charge on any atom is 0.323 e. The second kappa shape index (κ2) is 51.9. The second-order valence-corrected chi connectivity index (χ2v) is 36.4. The van der Waals surface area contributed by atoms with Gasteiger partial charge < -0.3 is 120 Å². The number of Topliss-reactive ketones (excluding diaryl/α,β-unsaturated/α-hetero) is 1. The van der Waals surface area contributed by atoms with Crippen LogP contribution in [-0.2, 0) is 117 Å². The average molecular weight is 1930 g/mol. The fraction of sp³-hybridized carbons (Fsp3) is 0.516. The molecule has 3 aromatic heterocycles. The van der Waals surface area contributed by atoms with Gasteiger partial charge in [0.2, 0.25) is 94.5 Å². The number of thioether (sulfide) groups is 1. The smallest absolute Gasteiger partial charge is 0.323 e. The van der Waals surface area contributed by atoms with Crippen molar-refractivity contribution in [3.8, 4) is 5.75 Å². The number of fused-ring (bicyclic) bond motifs is 3. The number of aliphatic hydroxyl groups is 1. The third-order valence-corrected chi connectivity index (χ3v) is 25.6. The maximum absolute atomic E-state index is 15.8. The number of imidazole rings is 1. The molecule has 738 valence electrons. The van der Waals surface area contributed by atoms with E-state index in [0.29, 0.717) is 58.2 Å². The minimum atomic E-state index is -2.11. The summed E-state index contributed by atoms with van der Waals surface area (Å²) in [6.07, 6.45) is -0.968. The van der Waals surface area contributed by atoms with Gasteiger partial charge in [0.05, 0.1) is 42.9 Å². The van der Waals surface area contributed by atoms with E-state index in [1.54, 1.807) is 50.4 Å². The lowest BCUT2D eigenvalue weighted by Crippen LogP contribution is -2.60. The van der Waals surface area contributed by atoms with E-state index in [1.807, 2.05) is 37.4 Å². The molecule has 0 saturated carbocycles. The predicted molar refractivity (Wildman–Crippen MR) is 498 cm³/mol. The molecule has 0 bridgehead atoms. The number of H-pyrrole nitrogens is 2. The minimum Gasteiger partial charge on any atom is -0.508 e. The molecule has 5 heterocycles. The van der Waals surface area contributed by atoms with Crippen molar-refractivity contribution in [2.75, 3.05) is 65.4 Å². The van der Waals surface area contributed by atoms with Crippen LogP contribution in [0.1, 0.15) is 140 Å². The highest BCUT2D eigenvalue weighted by Gasteiger charge is 2.46. The number of carboxylic acid groups (broad SMARTS) is 2. The Hall–Kier alpha value is -13.4. The van der Waals surface area contributed by atoms with Gasteiger partial charge in [0.25, 0.3) is 0 Å². The van der Waals surface area contributed by atoms with Gasteiger partial charge in [-0.05, 0) is 110 Å². The number of primary amides is 2. The van der Waals surface area contributed by atoms with Gasteiger partial charge in [0.15, 0.2) is 5.78 Å². The monoisotopic (exact) mass is 1930 g/mol. The summed E-state index contributed by atoms with van der Waals surface area (Å²) in [7, 11) is 3.88. The maximum atomic E-state index is 15.8. The number of phenolic OH excluding ortho intramolecular Hbond substituents is 1. The lowest BCUT2D eigenvalue weighted by Gasteiger charge is -2.36. The summed E-state index contributed by atoms with van der Waals surface area (Å²) in [6.45, 7) is 4.21. The molecular formula is C91H124N20O23S2. The zero-order valence-electron chi connectivity index (χ0n) is 77.1. The first-order valence-electron chi connectivity index (χ1n) is 44.9. The van der Waals surface area contributed by atoms with Crippen molar-refractivity contribution >= 4 is 156 Å². The molecule has 3 aromatic carbocycles. The average Bonchev–Trinajstić information content (AvgIpc) is 1.65. The number of aliphatic carboxylic acids is 2. The molecule has 0 spiro atoms. The van der Waals surface area contributed by atoms with Crippen LogP contribution >= 0.6 is 23.1 Å². The molecular weight excluding hydrogens is 1810 g/mol. The Morgan fingerprint density at radius 3 is 1.85 bits per heavy atom. The van der Waals surface area contributed by atoms with E-state index in [-0.39, 0.29) is 68.9 Å². The van der Waals surface area contributed by atoms with Crippen LogP contribution in [-0.4, -0.2) is 316 Å². The van der Waals surface area contributed by atoms with E-state index >= 15 is 33.6 Å². The Morgan fingerprint density at radius 2 is 1.20 bits per heavy atom. The Kier molecular flexibility index (Phi) is 41.2.